The molecule has 0 unspecified atom stereocenters. The van der Waals surface area contributed by atoms with Crippen LogP contribution in [-0.4, -0.2) is 18.5 Å². The first-order valence-electron chi connectivity index (χ1n) is 8.26. The SMILES string of the molecule is Cc1ccc(C(C)C)cc1NC(=O)COC(=O)/C=C/c1ccccc1. The van der Waals surface area contributed by atoms with Gasteiger partial charge in [0.25, 0.3) is 5.91 Å². The van der Waals surface area contributed by atoms with Gasteiger partial charge in [-0.1, -0.05) is 56.3 Å². The molecular formula is C21H23NO3. The number of benzene rings is 2. The molecule has 25 heavy (non-hydrogen) atoms. The summed E-state index contributed by atoms with van der Waals surface area (Å²) in [6.07, 6.45) is 2.96. The maximum Gasteiger partial charge on any atom is 0.331 e. The van der Waals surface area contributed by atoms with Gasteiger partial charge in [0.15, 0.2) is 6.61 Å². The Labute approximate surface area is 148 Å². The minimum absolute atomic E-state index is 0.316. The summed E-state index contributed by atoms with van der Waals surface area (Å²) >= 11 is 0. The second kappa shape index (κ2) is 8.83. The highest BCUT2D eigenvalue weighted by Crippen LogP contribution is 2.22. The molecule has 0 fully saturated rings. The normalized spacial score (nSPS) is 10.9. The van der Waals surface area contributed by atoms with Crippen LogP contribution < -0.4 is 5.32 Å². The highest BCUT2D eigenvalue weighted by atomic mass is 16.5. The molecule has 2 aromatic rings. The van der Waals surface area contributed by atoms with E-state index < -0.39 is 5.97 Å². The number of amides is 1. The molecule has 0 aliphatic heterocycles. The summed E-state index contributed by atoms with van der Waals surface area (Å²) < 4.78 is 4.98. The van der Waals surface area contributed by atoms with Gasteiger partial charge in [-0.3, -0.25) is 4.79 Å². The maximum absolute atomic E-state index is 12.0. The molecule has 0 bridgehead atoms. The van der Waals surface area contributed by atoms with Gasteiger partial charge in [0.1, 0.15) is 0 Å². The summed E-state index contributed by atoms with van der Waals surface area (Å²) in [5.41, 5.74) is 3.74. The number of carbonyl (C=O) groups excluding carboxylic acids is 2. The minimum Gasteiger partial charge on any atom is -0.452 e. The molecule has 4 nitrogen and oxygen atoms in total. The third kappa shape index (κ3) is 5.92. The number of rotatable bonds is 6. The van der Waals surface area contributed by atoms with Crippen LogP contribution in [0.1, 0.15) is 36.5 Å². The Bertz CT molecular complexity index is 764. The molecule has 2 rings (SSSR count). The van der Waals surface area contributed by atoms with Crippen molar-refractivity contribution in [1.82, 2.24) is 0 Å². The molecule has 1 amide bonds. The Morgan fingerprint density at radius 1 is 1.12 bits per heavy atom. The lowest BCUT2D eigenvalue weighted by molar-refractivity contribution is -0.142. The first-order chi connectivity index (χ1) is 12.0. The molecule has 2 aromatic carbocycles. The average molecular weight is 337 g/mol. The van der Waals surface area contributed by atoms with E-state index in [1.54, 1.807) is 6.08 Å². The van der Waals surface area contributed by atoms with Crippen molar-refractivity contribution in [3.05, 3.63) is 71.3 Å². The summed E-state index contributed by atoms with van der Waals surface area (Å²) in [7, 11) is 0. The van der Waals surface area contributed by atoms with Crippen LogP contribution >= 0.6 is 0 Å². The van der Waals surface area contributed by atoms with Crippen LogP contribution in [0.25, 0.3) is 6.08 Å². The molecule has 0 aromatic heterocycles. The molecule has 0 heterocycles. The lowest BCUT2D eigenvalue weighted by Crippen LogP contribution is -2.20. The number of hydrogen-bond donors (Lipinski definition) is 1. The van der Waals surface area contributed by atoms with E-state index in [0.29, 0.717) is 5.92 Å². The summed E-state index contributed by atoms with van der Waals surface area (Å²) in [5, 5.41) is 2.79. The van der Waals surface area contributed by atoms with E-state index in [0.717, 1.165) is 22.4 Å². The summed E-state index contributed by atoms with van der Waals surface area (Å²) in [5.74, 6) is -0.533. The number of esters is 1. The van der Waals surface area contributed by atoms with Gasteiger partial charge < -0.3 is 10.1 Å². The minimum atomic E-state index is -0.549. The van der Waals surface area contributed by atoms with Gasteiger partial charge in [-0.2, -0.15) is 0 Å². The average Bonchev–Trinajstić information content (AvgIpc) is 2.60. The van der Waals surface area contributed by atoms with Crippen molar-refractivity contribution in [1.29, 1.82) is 0 Å². The van der Waals surface area contributed by atoms with Crippen LogP contribution in [0.3, 0.4) is 0 Å². The van der Waals surface area contributed by atoms with E-state index in [4.69, 9.17) is 4.74 Å². The number of hydrogen-bond acceptors (Lipinski definition) is 3. The van der Waals surface area contributed by atoms with Crippen LogP contribution in [0.5, 0.6) is 0 Å². The molecule has 0 aliphatic rings. The quantitative estimate of drug-likeness (QED) is 0.631. The van der Waals surface area contributed by atoms with Crippen LogP contribution in [0.4, 0.5) is 5.69 Å². The molecule has 1 N–H and O–H groups in total. The van der Waals surface area contributed by atoms with Crippen LogP contribution in [-0.2, 0) is 14.3 Å². The monoisotopic (exact) mass is 337 g/mol. The lowest BCUT2D eigenvalue weighted by Gasteiger charge is -2.12. The van der Waals surface area contributed by atoms with Crippen LogP contribution in [0.15, 0.2) is 54.6 Å². The number of carbonyl (C=O) groups is 2. The van der Waals surface area contributed by atoms with E-state index in [1.807, 2.05) is 55.5 Å². The Balaban J connectivity index is 1.87. The molecule has 0 atom stereocenters. The Morgan fingerprint density at radius 3 is 2.52 bits per heavy atom. The molecule has 0 saturated carbocycles. The van der Waals surface area contributed by atoms with Gasteiger partial charge in [-0.15, -0.1) is 0 Å². The smallest absolute Gasteiger partial charge is 0.331 e. The van der Waals surface area contributed by atoms with E-state index in [9.17, 15) is 9.59 Å². The Morgan fingerprint density at radius 2 is 1.84 bits per heavy atom. The van der Waals surface area contributed by atoms with Gasteiger partial charge in [0, 0.05) is 11.8 Å². The molecular weight excluding hydrogens is 314 g/mol. The van der Waals surface area contributed by atoms with E-state index >= 15 is 0 Å². The topological polar surface area (TPSA) is 55.4 Å². The highest BCUT2D eigenvalue weighted by molar-refractivity contribution is 5.95. The van der Waals surface area contributed by atoms with Crippen LogP contribution in [0, 0.1) is 6.92 Å². The first-order valence-corrected chi connectivity index (χ1v) is 8.26. The zero-order valence-electron chi connectivity index (χ0n) is 14.8. The largest absolute Gasteiger partial charge is 0.452 e. The predicted octanol–water partition coefficient (Wildman–Crippen LogP) is 4.31. The highest BCUT2D eigenvalue weighted by Gasteiger charge is 2.09. The number of anilines is 1. The van der Waals surface area contributed by atoms with Gasteiger partial charge in [0.2, 0.25) is 0 Å². The third-order valence-electron chi connectivity index (χ3n) is 3.76. The Kier molecular flexibility index (Phi) is 6.52. The van der Waals surface area contributed by atoms with Crippen molar-refractivity contribution in [2.24, 2.45) is 0 Å². The molecule has 0 saturated heterocycles. The van der Waals surface area contributed by atoms with Gasteiger partial charge in [-0.25, -0.2) is 4.79 Å². The van der Waals surface area contributed by atoms with Crippen molar-refractivity contribution < 1.29 is 14.3 Å². The standard InChI is InChI=1S/C21H23NO3/c1-15(2)18-11-9-16(3)19(13-18)22-20(23)14-25-21(24)12-10-17-7-5-4-6-8-17/h4-13,15H,14H2,1-3H3,(H,22,23)/b12-10+. The van der Waals surface area contributed by atoms with Crippen molar-refractivity contribution in [2.45, 2.75) is 26.7 Å². The fourth-order valence-electron chi connectivity index (χ4n) is 2.23. The molecule has 0 aliphatic carbocycles. The third-order valence-corrected chi connectivity index (χ3v) is 3.76. The van der Waals surface area contributed by atoms with Crippen molar-refractivity contribution in [3.63, 3.8) is 0 Å². The first kappa shape index (κ1) is 18.5. The molecule has 0 radical (unpaired) electrons. The van der Waals surface area contributed by atoms with E-state index in [1.165, 1.54) is 6.08 Å². The predicted molar refractivity (Wildman–Crippen MR) is 100 cm³/mol. The van der Waals surface area contributed by atoms with Crippen LogP contribution in [0.2, 0.25) is 0 Å². The fourth-order valence-corrected chi connectivity index (χ4v) is 2.23. The maximum atomic E-state index is 12.0. The number of ether oxygens (including phenoxy) is 1. The fraction of sp³-hybridized carbons (Fsp3) is 0.238. The van der Waals surface area contributed by atoms with Crippen molar-refractivity contribution >= 4 is 23.6 Å². The lowest BCUT2D eigenvalue weighted by atomic mass is 10.0. The second-order valence-corrected chi connectivity index (χ2v) is 6.13. The molecule has 0 spiro atoms. The zero-order chi connectivity index (χ0) is 18.2. The summed E-state index contributed by atoms with van der Waals surface area (Å²) in [6.45, 7) is 5.80. The molecule has 130 valence electrons. The number of aryl methyl sites for hydroxylation is 1. The van der Waals surface area contributed by atoms with E-state index in [-0.39, 0.29) is 12.5 Å². The van der Waals surface area contributed by atoms with Gasteiger partial charge in [0.05, 0.1) is 0 Å². The summed E-state index contributed by atoms with van der Waals surface area (Å²) in [6, 6.07) is 15.4. The van der Waals surface area contributed by atoms with E-state index in [2.05, 4.69) is 19.2 Å². The second-order valence-electron chi connectivity index (χ2n) is 6.13. The van der Waals surface area contributed by atoms with Crippen molar-refractivity contribution in [2.75, 3.05) is 11.9 Å². The number of nitrogens with one attached hydrogen (secondary N) is 1. The van der Waals surface area contributed by atoms with Gasteiger partial charge in [-0.05, 0) is 41.7 Å². The van der Waals surface area contributed by atoms with Gasteiger partial charge >= 0.3 is 5.97 Å². The van der Waals surface area contributed by atoms with Crippen molar-refractivity contribution in [3.8, 4) is 0 Å². The zero-order valence-corrected chi connectivity index (χ0v) is 14.8. The summed E-state index contributed by atoms with van der Waals surface area (Å²) in [4.78, 5) is 23.7. The molecule has 4 heteroatoms. The Hall–Kier alpha value is -2.88.